The van der Waals surface area contributed by atoms with Gasteiger partial charge in [0.2, 0.25) is 0 Å². The Hall–Kier alpha value is -2.31. The second kappa shape index (κ2) is 5.99. The molecule has 0 unspecified atom stereocenters. The molecular weight excluding hydrogens is 285 g/mol. The van der Waals surface area contributed by atoms with E-state index in [4.69, 9.17) is 4.42 Å². The number of rotatable bonds is 4. The van der Waals surface area contributed by atoms with Crippen LogP contribution in [-0.2, 0) is 12.6 Å². The van der Waals surface area contributed by atoms with E-state index < -0.39 is 17.6 Å². The van der Waals surface area contributed by atoms with Crippen LogP contribution < -0.4 is 5.32 Å². The fourth-order valence-corrected chi connectivity index (χ4v) is 1.74. The Morgan fingerprint density at radius 2 is 1.95 bits per heavy atom. The van der Waals surface area contributed by atoms with Crippen LogP contribution in [0.15, 0.2) is 34.9 Å². The Morgan fingerprint density at radius 1 is 1.29 bits per heavy atom. The molecule has 0 aliphatic carbocycles. The quantitative estimate of drug-likeness (QED) is 0.944. The van der Waals surface area contributed by atoms with Crippen LogP contribution in [0.4, 0.5) is 13.2 Å². The largest absolute Gasteiger partial charge is 0.449 e. The van der Waals surface area contributed by atoms with E-state index >= 15 is 0 Å². The van der Waals surface area contributed by atoms with E-state index in [0.29, 0.717) is 24.6 Å². The summed E-state index contributed by atoms with van der Waals surface area (Å²) in [4.78, 5) is 15.8. The molecule has 0 bridgehead atoms. The summed E-state index contributed by atoms with van der Waals surface area (Å²) in [6.45, 7) is 2.04. The molecule has 0 fully saturated rings. The van der Waals surface area contributed by atoms with Gasteiger partial charge in [0, 0.05) is 25.5 Å². The molecular formula is C14H13F3N2O2. The highest BCUT2D eigenvalue weighted by Crippen LogP contribution is 2.29. The smallest absolute Gasteiger partial charge is 0.416 e. The van der Waals surface area contributed by atoms with Crippen molar-refractivity contribution in [1.82, 2.24) is 10.3 Å². The number of amides is 1. The van der Waals surface area contributed by atoms with Crippen molar-refractivity contribution in [1.29, 1.82) is 0 Å². The van der Waals surface area contributed by atoms with E-state index in [1.165, 1.54) is 6.26 Å². The number of aromatic nitrogens is 1. The number of carbonyl (C=O) groups excluding carboxylic acids is 1. The number of hydrogen-bond donors (Lipinski definition) is 1. The topological polar surface area (TPSA) is 55.1 Å². The summed E-state index contributed by atoms with van der Waals surface area (Å²) in [6, 6.07) is 4.07. The van der Waals surface area contributed by atoms with E-state index in [1.807, 2.05) is 0 Å². The molecule has 2 rings (SSSR count). The molecule has 1 heterocycles. The average Bonchev–Trinajstić information content (AvgIpc) is 2.83. The second-order valence-corrected chi connectivity index (χ2v) is 4.44. The predicted octanol–water partition coefficient (Wildman–Crippen LogP) is 2.97. The highest BCUT2D eigenvalue weighted by atomic mass is 19.4. The first kappa shape index (κ1) is 15.1. The molecule has 0 saturated carbocycles. The fraction of sp³-hybridized carbons (Fsp3) is 0.286. The number of halogens is 3. The van der Waals surface area contributed by atoms with E-state index in [9.17, 15) is 18.0 Å². The fourth-order valence-electron chi connectivity index (χ4n) is 1.74. The van der Waals surface area contributed by atoms with Crippen molar-refractivity contribution >= 4 is 5.91 Å². The van der Waals surface area contributed by atoms with Crippen molar-refractivity contribution in [2.24, 2.45) is 0 Å². The lowest BCUT2D eigenvalue weighted by Gasteiger charge is -2.08. The van der Waals surface area contributed by atoms with Gasteiger partial charge in [0.15, 0.2) is 5.89 Å². The number of aryl methyl sites for hydroxylation is 1. The highest BCUT2D eigenvalue weighted by molar-refractivity contribution is 5.94. The lowest BCUT2D eigenvalue weighted by atomic mass is 10.1. The average molecular weight is 298 g/mol. The number of oxazole rings is 1. The molecule has 0 aliphatic rings. The van der Waals surface area contributed by atoms with E-state index in [1.54, 1.807) is 6.92 Å². The normalized spacial score (nSPS) is 11.4. The van der Waals surface area contributed by atoms with Crippen molar-refractivity contribution < 1.29 is 22.4 Å². The molecule has 1 aromatic heterocycles. The number of carbonyl (C=O) groups is 1. The first-order chi connectivity index (χ1) is 9.86. The molecule has 1 aromatic carbocycles. The third kappa shape index (κ3) is 4.08. The van der Waals surface area contributed by atoms with Crippen LogP contribution in [0.1, 0.15) is 27.5 Å². The summed E-state index contributed by atoms with van der Waals surface area (Å²) in [5, 5.41) is 2.61. The van der Waals surface area contributed by atoms with Gasteiger partial charge in [-0.3, -0.25) is 4.79 Å². The zero-order valence-corrected chi connectivity index (χ0v) is 11.2. The molecule has 7 heteroatoms. The van der Waals surface area contributed by atoms with Gasteiger partial charge in [-0.1, -0.05) is 0 Å². The molecule has 0 atom stereocenters. The molecule has 1 amide bonds. The molecule has 21 heavy (non-hydrogen) atoms. The van der Waals surface area contributed by atoms with Crippen molar-refractivity contribution in [2.75, 3.05) is 6.54 Å². The van der Waals surface area contributed by atoms with E-state index in [-0.39, 0.29) is 5.56 Å². The monoisotopic (exact) mass is 298 g/mol. The van der Waals surface area contributed by atoms with Crippen LogP contribution in [0.3, 0.4) is 0 Å². The summed E-state index contributed by atoms with van der Waals surface area (Å²) in [5.74, 6) is 0.114. The summed E-state index contributed by atoms with van der Waals surface area (Å²) >= 11 is 0. The maximum Gasteiger partial charge on any atom is 0.416 e. The Balaban J connectivity index is 1.88. The number of hydrogen-bond acceptors (Lipinski definition) is 3. The van der Waals surface area contributed by atoms with Crippen LogP contribution in [0.25, 0.3) is 0 Å². The van der Waals surface area contributed by atoms with Crippen LogP contribution in [0.5, 0.6) is 0 Å². The lowest BCUT2D eigenvalue weighted by Crippen LogP contribution is -2.25. The molecule has 2 aromatic rings. The molecule has 1 N–H and O–H groups in total. The SMILES string of the molecule is Cc1nc(CCNC(=O)c2ccc(C(F)(F)F)cc2)co1. The first-order valence-electron chi connectivity index (χ1n) is 6.23. The van der Waals surface area contributed by atoms with Crippen molar-refractivity contribution in [3.05, 3.63) is 53.2 Å². The van der Waals surface area contributed by atoms with Crippen molar-refractivity contribution in [3.8, 4) is 0 Å². The van der Waals surface area contributed by atoms with Crippen LogP contribution in [0.2, 0.25) is 0 Å². The maximum absolute atomic E-state index is 12.4. The molecule has 112 valence electrons. The minimum atomic E-state index is -4.40. The number of nitrogens with one attached hydrogen (secondary N) is 1. The second-order valence-electron chi connectivity index (χ2n) is 4.44. The zero-order chi connectivity index (χ0) is 15.5. The molecule has 0 radical (unpaired) electrons. The van der Waals surface area contributed by atoms with Gasteiger partial charge in [-0.05, 0) is 24.3 Å². The highest BCUT2D eigenvalue weighted by Gasteiger charge is 2.30. The maximum atomic E-state index is 12.4. The predicted molar refractivity (Wildman–Crippen MR) is 68.7 cm³/mol. The van der Waals surface area contributed by atoms with Crippen molar-refractivity contribution in [2.45, 2.75) is 19.5 Å². The standard InChI is InChI=1S/C14H13F3N2O2/c1-9-19-12(8-21-9)6-7-18-13(20)10-2-4-11(5-3-10)14(15,16)17/h2-5,8H,6-7H2,1H3,(H,18,20). The van der Waals surface area contributed by atoms with Gasteiger partial charge in [-0.2, -0.15) is 13.2 Å². The Bertz CT molecular complexity index is 618. The zero-order valence-electron chi connectivity index (χ0n) is 11.2. The third-order valence-electron chi connectivity index (χ3n) is 2.81. The van der Waals surface area contributed by atoms with Gasteiger partial charge in [0.05, 0.1) is 11.3 Å². The number of nitrogens with zero attached hydrogens (tertiary/aromatic N) is 1. The molecule has 0 saturated heterocycles. The number of benzene rings is 1. The van der Waals surface area contributed by atoms with Crippen LogP contribution in [-0.4, -0.2) is 17.4 Å². The Morgan fingerprint density at radius 3 is 2.48 bits per heavy atom. The molecule has 0 spiro atoms. The van der Waals surface area contributed by atoms with Gasteiger partial charge >= 0.3 is 6.18 Å². The third-order valence-corrected chi connectivity index (χ3v) is 2.81. The van der Waals surface area contributed by atoms with E-state index in [2.05, 4.69) is 10.3 Å². The van der Waals surface area contributed by atoms with Gasteiger partial charge in [-0.15, -0.1) is 0 Å². The van der Waals surface area contributed by atoms with Gasteiger partial charge in [0.1, 0.15) is 6.26 Å². The lowest BCUT2D eigenvalue weighted by molar-refractivity contribution is -0.137. The summed E-state index contributed by atoms with van der Waals surface area (Å²) in [6.07, 6.45) is -2.41. The van der Waals surface area contributed by atoms with Crippen molar-refractivity contribution in [3.63, 3.8) is 0 Å². The molecule has 0 aliphatic heterocycles. The van der Waals surface area contributed by atoms with Crippen LogP contribution in [0, 0.1) is 6.92 Å². The molecule has 4 nitrogen and oxygen atoms in total. The summed E-state index contributed by atoms with van der Waals surface area (Å²) in [5.41, 5.74) is 0.108. The van der Waals surface area contributed by atoms with Gasteiger partial charge in [0.25, 0.3) is 5.91 Å². The Kier molecular flexibility index (Phi) is 4.30. The Labute approximate surface area is 119 Å². The first-order valence-corrected chi connectivity index (χ1v) is 6.23. The minimum absolute atomic E-state index is 0.180. The van der Waals surface area contributed by atoms with E-state index in [0.717, 1.165) is 24.3 Å². The van der Waals surface area contributed by atoms with Crippen LogP contribution >= 0.6 is 0 Å². The minimum Gasteiger partial charge on any atom is -0.449 e. The van der Waals surface area contributed by atoms with Gasteiger partial charge in [-0.25, -0.2) is 4.98 Å². The number of alkyl halides is 3. The summed E-state index contributed by atoms with van der Waals surface area (Å²) in [7, 11) is 0. The summed E-state index contributed by atoms with van der Waals surface area (Å²) < 4.78 is 42.2. The van der Waals surface area contributed by atoms with Gasteiger partial charge < -0.3 is 9.73 Å².